The van der Waals surface area contributed by atoms with Gasteiger partial charge in [-0.05, 0) is 60.2 Å². The molecule has 0 aliphatic carbocycles. The van der Waals surface area contributed by atoms with Crippen molar-refractivity contribution >= 4 is 11.0 Å². The monoisotopic (exact) mass is 423 g/mol. The van der Waals surface area contributed by atoms with Crippen molar-refractivity contribution in [2.75, 3.05) is 6.54 Å². The van der Waals surface area contributed by atoms with E-state index in [2.05, 4.69) is 59.3 Å². The highest BCUT2D eigenvalue weighted by atomic mass is 16.1. The van der Waals surface area contributed by atoms with Gasteiger partial charge in [0.25, 0.3) is 5.56 Å². The van der Waals surface area contributed by atoms with Crippen LogP contribution in [0.15, 0.2) is 77.7 Å². The van der Waals surface area contributed by atoms with Crippen LogP contribution in [-0.2, 0) is 32.5 Å². The SMILES string of the molecule is CCc1cccc(CN2CCCc3c(c(=O)n(Cc4ccccc4)c4ncccc34)C2)c1. The quantitative estimate of drug-likeness (QED) is 0.456. The predicted octanol–water partition coefficient (Wildman–Crippen LogP) is 4.96. The topological polar surface area (TPSA) is 38.1 Å². The van der Waals surface area contributed by atoms with Gasteiger partial charge in [-0.15, -0.1) is 0 Å². The van der Waals surface area contributed by atoms with Crippen molar-refractivity contribution in [3.8, 4) is 0 Å². The van der Waals surface area contributed by atoms with Gasteiger partial charge in [-0.25, -0.2) is 4.98 Å². The summed E-state index contributed by atoms with van der Waals surface area (Å²) in [4.78, 5) is 20.8. The molecule has 0 radical (unpaired) electrons. The van der Waals surface area contributed by atoms with Gasteiger partial charge >= 0.3 is 0 Å². The Morgan fingerprint density at radius 1 is 0.875 bits per heavy atom. The minimum absolute atomic E-state index is 0.101. The number of rotatable bonds is 5. The number of pyridine rings is 2. The first-order valence-corrected chi connectivity index (χ1v) is 11.6. The number of benzene rings is 2. The molecule has 0 amide bonds. The van der Waals surface area contributed by atoms with E-state index in [4.69, 9.17) is 0 Å². The van der Waals surface area contributed by atoms with Gasteiger partial charge in [-0.2, -0.15) is 0 Å². The number of hydrogen-bond donors (Lipinski definition) is 0. The fourth-order valence-corrected chi connectivity index (χ4v) is 4.88. The maximum Gasteiger partial charge on any atom is 0.257 e. The van der Waals surface area contributed by atoms with Crippen LogP contribution in [0.3, 0.4) is 0 Å². The van der Waals surface area contributed by atoms with Gasteiger partial charge < -0.3 is 0 Å². The predicted molar refractivity (Wildman–Crippen MR) is 130 cm³/mol. The summed E-state index contributed by atoms with van der Waals surface area (Å²) in [6.07, 6.45) is 4.80. The highest BCUT2D eigenvalue weighted by Gasteiger charge is 2.22. The van der Waals surface area contributed by atoms with Crippen LogP contribution in [0.2, 0.25) is 0 Å². The van der Waals surface area contributed by atoms with Crippen LogP contribution in [0.5, 0.6) is 0 Å². The van der Waals surface area contributed by atoms with Crippen molar-refractivity contribution in [2.24, 2.45) is 0 Å². The minimum atomic E-state index is 0.101. The third kappa shape index (κ3) is 4.11. The number of hydrogen-bond acceptors (Lipinski definition) is 3. The van der Waals surface area contributed by atoms with Crippen molar-refractivity contribution in [3.05, 3.63) is 111 Å². The van der Waals surface area contributed by atoms with Crippen molar-refractivity contribution in [3.63, 3.8) is 0 Å². The number of nitrogens with zero attached hydrogens (tertiary/aromatic N) is 3. The molecule has 0 spiro atoms. The van der Waals surface area contributed by atoms with Crippen LogP contribution in [0, 0.1) is 0 Å². The Morgan fingerprint density at radius 2 is 1.69 bits per heavy atom. The van der Waals surface area contributed by atoms with E-state index in [0.717, 1.165) is 54.5 Å². The van der Waals surface area contributed by atoms with Gasteiger partial charge in [0.05, 0.1) is 6.54 Å². The van der Waals surface area contributed by atoms with E-state index in [0.29, 0.717) is 13.1 Å². The molecule has 0 saturated carbocycles. The van der Waals surface area contributed by atoms with Gasteiger partial charge in [-0.3, -0.25) is 14.3 Å². The van der Waals surface area contributed by atoms with Gasteiger partial charge in [0.2, 0.25) is 0 Å². The fraction of sp³-hybridized carbons (Fsp3) is 0.286. The second-order valence-corrected chi connectivity index (χ2v) is 8.70. The third-order valence-electron chi connectivity index (χ3n) is 6.51. The summed E-state index contributed by atoms with van der Waals surface area (Å²) in [5.41, 5.74) is 6.81. The van der Waals surface area contributed by atoms with Gasteiger partial charge in [0, 0.05) is 30.2 Å². The summed E-state index contributed by atoms with van der Waals surface area (Å²) >= 11 is 0. The molecule has 4 nitrogen and oxygen atoms in total. The molecule has 1 aliphatic heterocycles. The first-order chi connectivity index (χ1) is 15.7. The molecule has 0 atom stereocenters. The van der Waals surface area contributed by atoms with Gasteiger partial charge in [0.1, 0.15) is 5.65 Å². The van der Waals surface area contributed by atoms with Crippen LogP contribution in [0.4, 0.5) is 0 Å². The third-order valence-corrected chi connectivity index (χ3v) is 6.51. The molecule has 4 aromatic rings. The lowest BCUT2D eigenvalue weighted by molar-refractivity contribution is 0.260. The first kappa shape index (κ1) is 20.7. The molecule has 0 N–H and O–H groups in total. The molecule has 0 unspecified atom stereocenters. The second kappa shape index (κ2) is 9.09. The van der Waals surface area contributed by atoms with Crippen molar-refractivity contribution in [2.45, 2.75) is 45.8 Å². The van der Waals surface area contributed by atoms with E-state index in [1.165, 1.54) is 16.7 Å². The van der Waals surface area contributed by atoms with E-state index in [1.54, 1.807) is 6.20 Å². The van der Waals surface area contributed by atoms with E-state index >= 15 is 0 Å². The maximum atomic E-state index is 13.8. The van der Waals surface area contributed by atoms with Crippen LogP contribution >= 0.6 is 0 Å². The second-order valence-electron chi connectivity index (χ2n) is 8.70. The summed E-state index contributed by atoms with van der Waals surface area (Å²) in [7, 11) is 0. The average Bonchev–Trinajstić information content (AvgIpc) is 3.05. The van der Waals surface area contributed by atoms with Crippen LogP contribution in [0.25, 0.3) is 11.0 Å². The summed E-state index contributed by atoms with van der Waals surface area (Å²) in [5, 5.41) is 1.12. The first-order valence-electron chi connectivity index (χ1n) is 11.6. The maximum absolute atomic E-state index is 13.8. The molecule has 32 heavy (non-hydrogen) atoms. The molecule has 0 fully saturated rings. The van der Waals surface area contributed by atoms with Crippen molar-refractivity contribution < 1.29 is 0 Å². The van der Waals surface area contributed by atoms with Crippen LogP contribution in [0.1, 0.15) is 41.2 Å². The standard InChI is InChI=1S/C28H29N3O/c1-2-21-11-6-12-23(17-21)18-30-16-8-14-24-25-13-7-15-29-27(25)31(28(32)26(24)20-30)19-22-9-4-3-5-10-22/h3-7,9-13,15,17H,2,8,14,16,18-20H2,1H3. The zero-order chi connectivity index (χ0) is 21.9. The molecule has 2 aromatic carbocycles. The Labute approximate surface area is 189 Å². The smallest absolute Gasteiger partial charge is 0.257 e. The number of aromatic nitrogens is 2. The Kier molecular flexibility index (Phi) is 5.87. The summed E-state index contributed by atoms with van der Waals surface area (Å²) in [6.45, 7) is 5.28. The van der Waals surface area contributed by atoms with Gasteiger partial charge in [-0.1, -0.05) is 61.5 Å². The van der Waals surface area contributed by atoms with Gasteiger partial charge in [0.15, 0.2) is 0 Å². The molecule has 4 heteroatoms. The number of fused-ring (bicyclic) bond motifs is 3. The Balaban J connectivity index is 1.56. The normalized spacial score (nSPS) is 14.3. The molecule has 3 heterocycles. The molecule has 0 saturated heterocycles. The minimum Gasteiger partial charge on any atom is -0.295 e. The van der Waals surface area contributed by atoms with E-state index < -0.39 is 0 Å². The lowest BCUT2D eigenvalue weighted by Gasteiger charge is -2.21. The fourth-order valence-electron chi connectivity index (χ4n) is 4.88. The van der Waals surface area contributed by atoms with Crippen molar-refractivity contribution in [1.29, 1.82) is 0 Å². The lowest BCUT2D eigenvalue weighted by Crippen LogP contribution is -2.31. The highest BCUT2D eigenvalue weighted by molar-refractivity contribution is 5.80. The lowest BCUT2D eigenvalue weighted by atomic mass is 10.0. The molecular formula is C28H29N3O. The molecule has 1 aliphatic rings. The average molecular weight is 424 g/mol. The highest BCUT2D eigenvalue weighted by Crippen LogP contribution is 2.25. The molecule has 5 rings (SSSR count). The summed E-state index contributed by atoms with van der Waals surface area (Å²) in [5.74, 6) is 0. The Hall–Kier alpha value is -3.24. The molecule has 2 aromatic heterocycles. The van der Waals surface area contributed by atoms with Crippen LogP contribution < -0.4 is 5.56 Å². The Morgan fingerprint density at radius 3 is 2.53 bits per heavy atom. The molecular weight excluding hydrogens is 394 g/mol. The molecule has 162 valence electrons. The van der Waals surface area contributed by atoms with Crippen LogP contribution in [-0.4, -0.2) is 21.0 Å². The van der Waals surface area contributed by atoms with E-state index in [9.17, 15) is 4.79 Å². The van der Waals surface area contributed by atoms with E-state index in [-0.39, 0.29) is 5.56 Å². The van der Waals surface area contributed by atoms with E-state index in [1.807, 2.05) is 28.8 Å². The number of aryl methyl sites for hydroxylation is 2. The largest absolute Gasteiger partial charge is 0.295 e. The van der Waals surface area contributed by atoms with Crippen molar-refractivity contribution in [1.82, 2.24) is 14.5 Å². The zero-order valence-electron chi connectivity index (χ0n) is 18.6. The molecule has 0 bridgehead atoms. The zero-order valence-corrected chi connectivity index (χ0v) is 18.6. The summed E-state index contributed by atoms with van der Waals surface area (Å²) in [6, 6.07) is 23.1. The Bertz CT molecular complexity index is 1290. The summed E-state index contributed by atoms with van der Waals surface area (Å²) < 4.78 is 1.87.